The molecule has 0 radical (unpaired) electrons. The van der Waals surface area contributed by atoms with Crippen LogP contribution in [0.3, 0.4) is 0 Å². The summed E-state index contributed by atoms with van der Waals surface area (Å²) in [7, 11) is 0. The maximum atomic E-state index is 10.9. The van der Waals surface area contributed by atoms with Crippen molar-refractivity contribution in [2.24, 2.45) is 0 Å². The van der Waals surface area contributed by atoms with E-state index in [-0.39, 0.29) is 5.69 Å². The van der Waals surface area contributed by atoms with Crippen LogP contribution >= 0.6 is 11.3 Å². The molecule has 1 aromatic carbocycles. The third kappa shape index (κ3) is 3.15. The highest BCUT2D eigenvalue weighted by Gasteiger charge is 2.23. The summed E-state index contributed by atoms with van der Waals surface area (Å²) >= 11 is 1.66. The Morgan fingerprint density at radius 2 is 1.93 bits per heavy atom. The van der Waals surface area contributed by atoms with Crippen molar-refractivity contribution in [1.82, 2.24) is 9.97 Å². The number of benzene rings is 1. The lowest BCUT2D eigenvalue weighted by Crippen LogP contribution is -2.47. The fourth-order valence-corrected chi connectivity index (χ4v) is 4.22. The number of nitriles is 1. The number of aromatic nitrogens is 2. The topological polar surface area (TPSA) is 99.2 Å². The van der Waals surface area contributed by atoms with Crippen LogP contribution in [-0.4, -0.2) is 41.1 Å². The molecule has 1 aliphatic rings. The molecule has 0 unspecified atom stereocenters. The summed E-state index contributed by atoms with van der Waals surface area (Å²) in [6.45, 7) is 4.99. The zero-order valence-corrected chi connectivity index (χ0v) is 15.4. The van der Waals surface area contributed by atoms with E-state index in [1.807, 2.05) is 0 Å². The van der Waals surface area contributed by atoms with Crippen molar-refractivity contribution in [3.8, 4) is 6.07 Å². The predicted molar refractivity (Wildman–Crippen MR) is 104 cm³/mol. The fourth-order valence-electron chi connectivity index (χ4n) is 3.38. The Labute approximate surface area is 159 Å². The monoisotopic (exact) mass is 380 g/mol. The summed E-state index contributed by atoms with van der Waals surface area (Å²) in [5, 5.41) is 21.4. The predicted octanol–water partition coefficient (Wildman–Crippen LogP) is 3.11. The number of thiophene rings is 1. The molecule has 8 nitrogen and oxygen atoms in total. The molecule has 136 valence electrons. The van der Waals surface area contributed by atoms with Crippen LogP contribution in [0.2, 0.25) is 0 Å². The summed E-state index contributed by atoms with van der Waals surface area (Å²) in [5.74, 6) is 0.938. The number of hydrogen-bond acceptors (Lipinski definition) is 8. The maximum absolute atomic E-state index is 10.9. The van der Waals surface area contributed by atoms with Gasteiger partial charge in [0.25, 0.3) is 5.69 Å². The number of anilines is 2. The normalized spacial score (nSPS) is 14.4. The van der Waals surface area contributed by atoms with Gasteiger partial charge in [-0.25, -0.2) is 9.97 Å². The molecular formula is C18H16N6O2S. The van der Waals surface area contributed by atoms with Crippen molar-refractivity contribution in [2.45, 2.75) is 6.92 Å². The molecule has 1 saturated heterocycles. The molecule has 3 aromatic rings. The largest absolute Gasteiger partial charge is 0.367 e. The number of hydrogen-bond donors (Lipinski definition) is 0. The van der Waals surface area contributed by atoms with Crippen LogP contribution in [-0.2, 0) is 0 Å². The first-order chi connectivity index (χ1) is 13.1. The fraction of sp³-hybridized carbons (Fsp3) is 0.278. The van der Waals surface area contributed by atoms with Gasteiger partial charge in [-0.1, -0.05) is 0 Å². The Hall–Kier alpha value is -3.25. The molecule has 0 spiro atoms. The Balaban J connectivity index is 1.56. The van der Waals surface area contributed by atoms with Crippen molar-refractivity contribution in [3.63, 3.8) is 0 Å². The van der Waals surface area contributed by atoms with E-state index in [9.17, 15) is 15.4 Å². The second-order valence-electron chi connectivity index (χ2n) is 6.32. The Bertz CT molecular complexity index is 1070. The van der Waals surface area contributed by atoms with E-state index in [2.05, 4.69) is 38.8 Å². The van der Waals surface area contributed by atoms with Gasteiger partial charge in [0.05, 0.1) is 21.6 Å². The number of nitrogens with zero attached hydrogens (tertiary/aromatic N) is 6. The van der Waals surface area contributed by atoms with Crippen molar-refractivity contribution in [1.29, 1.82) is 5.26 Å². The number of aryl methyl sites for hydroxylation is 1. The first-order valence-corrected chi connectivity index (χ1v) is 9.28. The van der Waals surface area contributed by atoms with E-state index in [0.717, 1.165) is 34.8 Å². The van der Waals surface area contributed by atoms with Gasteiger partial charge in [-0.15, -0.1) is 11.3 Å². The number of piperazine rings is 1. The molecule has 1 aliphatic heterocycles. The minimum absolute atomic E-state index is 0.0647. The second kappa shape index (κ2) is 6.81. The van der Waals surface area contributed by atoms with E-state index in [4.69, 9.17) is 0 Å². The lowest BCUT2D eigenvalue weighted by atomic mass is 10.1. The first kappa shape index (κ1) is 17.2. The lowest BCUT2D eigenvalue weighted by Gasteiger charge is -2.37. The van der Waals surface area contributed by atoms with E-state index in [1.165, 1.54) is 17.0 Å². The molecular weight excluding hydrogens is 364 g/mol. The molecule has 3 heterocycles. The highest BCUT2D eigenvalue weighted by molar-refractivity contribution is 7.18. The van der Waals surface area contributed by atoms with Gasteiger partial charge in [-0.3, -0.25) is 10.1 Å². The van der Waals surface area contributed by atoms with Gasteiger partial charge < -0.3 is 9.80 Å². The zero-order chi connectivity index (χ0) is 19.0. The van der Waals surface area contributed by atoms with Gasteiger partial charge in [-0.05, 0) is 19.1 Å². The first-order valence-electron chi connectivity index (χ1n) is 8.46. The third-order valence-corrected chi connectivity index (χ3v) is 5.62. The van der Waals surface area contributed by atoms with E-state index in [1.54, 1.807) is 23.7 Å². The number of rotatable bonds is 3. The van der Waals surface area contributed by atoms with Crippen molar-refractivity contribution < 1.29 is 4.92 Å². The number of non-ortho nitro benzene ring substituents is 1. The number of nitro groups is 1. The van der Waals surface area contributed by atoms with Crippen molar-refractivity contribution in [2.75, 3.05) is 36.0 Å². The van der Waals surface area contributed by atoms with Crippen LogP contribution in [0.15, 0.2) is 30.6 Å². The summed E-state index contributed by atoms with van der Waals surface area (Å²) in [5.41, 5.74) is 1.00. The minimum atomic E-state index is -0.480. The van der Waals surface area contributed by atoms with E-state index >= 15 is 0 Å². The van der Waals surface area contributed by atoms with E-state index in [0.29, 0.717) is 18.7 Å². The molecule has 2 aromatic heterocycles. The third-order valence-electron chi connectivity index (χ3n) is 4.66. The summed E-state index contributed by atoms with van der Waals surface area (Å²) in [6, 6.07) is 8.65. The van der Waals surface area contributed by atoms with Gasteiger partial charge in [-0.2, -0.15) is 5.26 Å². The highest BCUT2D eigenvalue weighted by Crippen LogP contribution is 2.31. The van der Waals surface area contributed by atoms with Crippen molar-refractivity contribution in [3.05, 3.63) is 51.1 Å². The average Bonchev–Trinajstić information content (AvgIpc) is 3.07. The smallest absolute Gasteiger partial charge is 0.270 e. The average molecular weight is 380 g/mol. The number of nitro benzene ring substituents is 1. The molecule has 1 fully saturated rings. The Kier molecular flexibility index (Phi) is 4.33. The molecule has 0 N–H and O–H groups in total. The highest BCUT2D eigenvalue weighted by atomic mass is 32.1. The lowest BCUT2D eigenvalue weighted by molar-refractivity contribution is -0.384. The minimum Gasteiger partial charge on any atom is -0.367 e. The SMILES string of the molecule is Cc1cc2c(N3CCN(c4ccc([N+](=O)[O-])cc4C#N)CC3)ncnc2s1. The Morgan fingerprint density at radius 1 is 1.19 bits per heavy atom. The van der Waals surface area contributed by atoms with Gasteiger partial charge in [0, 0.05) is 43.2 Å². The van der Waals surface area contributed by atoms with Gasteiger partial charge >= 0.3 is 0 Å². The molecule has 0 atom stereocenters. The van der Waals surface area contributed by atoms with E-state index < -0.39 is 4.92 Å². The molecule has 0 bridgehead atoms. The number of fused-ring (bicyclic) bond motifs is 1. The molecule has 9 heteroatoms. The van der Waals surface area contributed by atoms with Crippen LogP contribution in [0, 0.1) is 28.4 Å². The standard InChI is InChI=1S/C18H16N6O2S/c1-12-8-15-17(20-11-21-18(15)27-12)23-6-4-22(5-7-23)16-3-2-14(24(25)26)9-13(16)10-19/h2-3,8-9,11H,4-7H2,1H3. The Morgan fingerprint density at radius 3 is 2.63 bits per heavy atom. The summed E-state index contributed by atoms with van der Waals surface area (Å²) < 4.78 is 0. The van der Waals surface area contributed by atoms with Crippen LogP contribution in [0.5, 0.6) is 0 Å². The zero-order valence-electron chi connectivity index (χ0n) is 14.6. The molecule has 4 rings (SSSR count). The van der Waals surface area contributed by atoms with Crippen LogP contribution < -0.4 is 9.80 Å². The summed E-state index contributed by atoms with van der Waals surface area (Å²) in [4.78, 5) is 25.8. The van der Waals surface area contributed by atoms with Gasteiger partial charge in [0.15, 0.2) is 0 Å². The van der Waals surface area contributed by atoms with Crippen LogP contribution in [0.4, 0.5) is 17.2 Å². The molecule has 0 amide bonds. The molecule has 0 aliphatic carbocycles. The van der Waals surface area contributed by atoms with Gasteiger partial charge in [0.1, 0.15) is 23.0 Å². The van der Waals surface area contributed by atoms with Crippen molar-refractivity contribution >= 4 is 38.7 Å². The van der Waals surface area contributed by atoms with Gasteiger partial charge in [0.2, 0.25) is 0 Å². The van der Waals surface area contributed by atoms with Crippen LogP contribution in [0.1, 0.15) is 10.4 Å². The molecule has 27 heavy (non-hydrogen) atoms. The molecule has 0 saturated carbocycles. The van der Waals surface area contributed by atoms with Crippen LogP contribution in [0.25, 0.3) is 10.2 Å². The maximum Gasteiger partial charge on any atom is 0.270 e. The quantitative estimate of drug-likeness (QED) is 0.508. The summed E-state index contributed by atoms with van der Waals surface area (Å²) in [6.07, 6.45) is 1.60. The second-order valence-corrected chi connectivity index (χ2v) is 7.55.